The van der Waals surface area contributed by atoms with Crippen LogP contribution >= 0.6 is 0 Å². The summed E-state index contributed by atoms with van der Waals surface area (Å²) < 4.78 is 7.89. The Balaban J connectivity index is 1.63. The largest absolute Gasteiger partial charge is 0.477 e. The zero-order valence-electron chi connectivity index (χ0n) is 13.8. The molecule has 1 heterocycles. The van der Waals surface area contributed by atoms with Crippen LogP contribution in [0.4, 0.5) is 0 Å². The first-order chi connectivity index (χ1) is 10.3. The minimum Gasteiger partial charge on any atom is -0.477 e. The summed E-state index contributed by atoms with van der Waals surface area (Å²) in [5, 5.41) is 4.58. The summed E-state index contributed by atoms with van der Waals surface area (Å²) in [5.74, 6) is 0.795. The molecule has 4 heteroatoms. The number of ether oxygens (including phenoxy) is 1. The van der Waals surface area contributed by atoms with Gasteiger partial charge < -0.3 is 9.64 Å². The van der Waals surface area contributed by atoms with E-state index in [2.05, 4.69) is 34.7 Å². The normalized spacial score (nSPS) is 16.5. The van der Waals surface area contributed by atoms with Crippen LogP contribution in [0.25, 0.3) is 0 Å². The maximum absolute atomic E-state index is 5.78. The zero-order valence-corrected chi connectivity index (χ0v) is 13.8. The first kappa shape index (κ1) is 16.3. The van der Waals surface area contributed by atoms with E-state index in [0.29, 0.717) is 6.04 Å². The van der Waals surface area contributed by atoms with Crippen molar-refractivity contribution in [2.75, 3.05) is 26.2 Å². The molecule has 0 spiro atoms. The Morgan fingerprint density at radius 1 is 1.19 bits per heavy atom. The van der Waals surface area contributed by atoms with E-state index >= 15 is 0 Å². The van der Waals surface area contributed by atoms with E-state index in [1.165, 1.54) is 45.1 Å². The summed E-state index contributed by atoms with van der Waals surface area (Å²) in [6.07, 6.45) is 11.0. The van der Waals surface area contributed by atoms with Crippen LogP contribution in [0.1, 0.15) is 64.8 Å². The molecule has 1 aromatic heterocycles. The van der Waals surface area contributed by atoms with Crippen molar-refractivity contribution in [2.24, 2.45) is 0 Å². The second kappa shape index (κ2) is 9.08. The van der Waals surface area contributed by atoms with Crippen molar-refractivity contribution in [2.45, 2.75) is 64.8 Å². The lowest BCUT2D eigenvalue weighted by molar-refractivity contribution is 0.255. The Hall–Kier alpha value is -1.03. The van der Waals surface area contributed by atoms with Crippen molar-refractivity contribution >= 4 is 0 Å². The van der Waals surface area contributed by atoms with Crippen LogP contribution in [0.5, 0.6) is 5.88 Å². The molecule has 0 aromatic carbocycles. The van der Waals surface area contributed by atoms with Crippen molar-refractivity contribution in [1.29, 1.82) is 0 Å². The summed E-state index contributed by atoms with van der Waals surface area (Å²) in [4.78, 5) is 2.46. The molecule has 1 saturated carbocycles. The Labute approximate surface area is 129 Å². The molecule has 0 bridgehead atoms. The van der Waals surface area contributed by atoms with Crippen LogP contribution < -0.4 is 4.74 Å². The summed E-state index contributed by atoms with van der Waals surface area (Å²) in [5.41, 5.74) is 0. The fraction of sp³-hybridized carbons (Fsp3) is 0.824. The van der Waals surface area contributed by atoms with Gasteiger partial charge >= 0.3 is 0 Å². The van der Waals surface area contributed by atoms with Gasteiger partial charge in [0, 0.05) is 12.3 Å². The highest BCUT2D eigenvalue weighted by molar-refractivity contribution is 5.06. The second-order valence-electron chi connectivity index (χ2n) is 6.01. The van der Waals surface area contributed by atoms with E-state index < -0.39 is 0 Å². The van der Waals surface area contributed by atoms with Crippen molar-refractivity contribution in [3.8, 4) is 5.88 Å². The molecule has 0 unspecified atom stereocenters. The maximum atomic E-state index is 5.78. The molecule has 21 heavy (non-hydrogen) atoms. The third kappa shape index (κ3) is 5.34. The van der Waals surface area contributed by atoms with Gasteiger partial charge in [0.1, 0.15) is 0 Å². The first-order valence-electron chi connectivity index (χ1n) is 8.73. The molecule has 0 saturated heterocycles. The Kier molecular flexibility index (Phi) is 7.07. The number of unbranched alkanes of at least 4 members (excludes halogenated alkanes) is 1. The van der Waals surface area contributed by atoms with Crippen molar-refractivity contribution in [3.63, 3.8) is 0 Å². The number of hydrogen-bond donors (Lipinski definition) is 0. The number of nitrogens with zero attached hydrogens (tertiary/aromatic N) is 3. The molecule has 0 atom stereocenters. The molecule has 4 nitrogen and oxygen atoms in total. The SMILES string of the molecule is CCN(CC)CCCCOc1ccn(C2CCCCC2)n1. The Morgan fingerprint density at radius 3 is 2.67 bits per heavy atom. The van der Waals surface area contributed by atoms with Gasteiger partial charge in [0.25, 0.3) is 0 Å². The summed E-state index contributed by atoms with van der Waals surface area (Å²) >= 11 is 0. The van der Waals surface area contributed by atoms with E-state index in [1.54, 1.807) is 0 Å². The van der Waals surface area contributed by atoms with Crippen LogP contribution in [0.2, 0.25) is 0 Å². The topological polar surface area (TPSA) is 30.3 Å². The lowest BCUT2D eigenvalue weighted by atomic mass is 9.96. The molecule has 1 aliphatic rings. The quantitative estimate of drug-likeness (QED) is 0.647. The molecule has 2 rings (SSSR count). The van der Waals surface area contributed by atoms with Gasteiger partial charge in [-0.2, -0.15) is 0 Å². The predicted molar refractivity (Wildman–Crippen MR) is 86.9 cm³/mol. The van der Waals surface area contributed by atoms with Gasteiger partial charge in [-0.15, -0.1) is 5.10 Å². The van der Waals surface area contributed by atoms with Crippen LogP contribution in [0, 0.1) is 0 Å². The Bertz CT molecular complexity index is 381. The summed E-state index contributed by atoms with van der Waals surface area (Å²) in [6.45, 7) is 8.68. The second-order valence-corrected chi connectivity index (χ2v) is 6.01. The van der Waals surface area contributed by atoms with Crippen LogP contribution in [-0.2, 0) is 0 Å². The maximum Gasteiger partial charge on any atom is 0.232 e. The van der Waals surface area contributed by atoms with Gasteiger partial charge in [-0.3, -0.25) is 4.68 Å². The number of rotatable bonds is 9. The average molecular weight is 293 g/mol. The van der Waals surface area contributed by atoms with E-state index in [9.17, 15) is 0 Å². The minimum atomic E-state index is 0.596. The van der Waals surface area contributed by atoms with Gasteiger partial charge in [-0.05, 0) is 45.3 Å². The lowest BCUT2D eigenvalue weighted by Gasteiger charge is -2.21. The minimum absolute atomic E-state index is 0.596. The third-order valence-electron chi connectivity index (χ3n) is 4.55. The number of hydrogen-bond acceptors (Lipinski definition) is 3. The average Bonchev–Trinajstić information content (AvgIpc) is 3.01. The van der Waals surface area contributed by atoms with E-state index in [0.717, 1.165) is 32.0 Å². The van der Waals surface area contributed by atoms with E-state index in [1.807, 2.05) is 6.07 Å². The lowest BCUT2D eigenvalue weighted by Crippen LogP contribution is -2.24. The van der Waals surface area contributed by atoms with Crippen molar-refractivity contribution in [3.05, 3.63) is 12.3 Å². The monoisotopic (exact) mass is 293 g/mol. The standard InChI is InChI=1S/C17H31N3O/c1-3-19(4-2)13-8-9-15-21-17-12-14-20(18-17)16-10-6-5-7-11-16/h12,14,16H,3-11,13,15H2,1-2H3. The molecule has 120 valence electrons. The van der Waals surface area contributed by atoms with Crippen LogP contribution in [0.3, 0.4) is 0 Å². The fourth-order valence-electron chi connectivity index (χ4n) is 3.10. The molecule has 0 N–H and O–H groups in total. The molecule has 1 fully saturated rings. The molecule has 0 radical (unpaired) electrons. The van der Waals surface area contributed by atoms with Crippen molar-refractivity contribution in [1.82, 2.24) is 14.7 Å². The Morgan fingerprint density at radius 2 is 1.95 bits per heavy atom. The summed E-state index contributed by atoms with van der Waals surface area (Å²) in [6, 6.07) is 2.61. The molecular formula is C17H31N3O. The highest BCUT2D eigenvalue weighted by atomic mass is 16.5. The highest BCUT2D eigenvalue weighted by Crippen LogP contribution is 2.28. The fourth-order valence-corrected chi connectivity index (χ4v) is 3.10. The van der Waals surface area contributed by atoms with Crippen LogP contribution in [0.15, 0.2) is 12.3 Å². The highest BCUT2D eigenvalue weighted by Gasteiger charge is 2.16. The summed E-state index contributed by atoms with van der Waals surface area (Å²) in [7, 11) is 0. The van der Waals surface area contributed by atoms with E-state index in [4.69, 9.17) is 4.74 Å². The van der Waals surface area contributed by atoms with Gasteiger partial charge in [0.15, 0.2) is 0 Å². The van der Waals surface area contributed by atoms with Gasteiger partial charge in [-0.25, -0.2) is 0 Å². The molecular weight excluding hydrogens is 262 g/mol. The third-order valence-corrected chi connectivity index (χ3v) is 4.55. The van der Waals surface area contributed by atoms with Crippen molar-refractivity contribution < 1.29 is 4.74 Å². The molecule has 1 aliphatic carbocycles. The van der Waals surface area contributed by atoms with Crippen LogP contribution in [-0.4, -0.2) is 40.9 Å². The first-order valence-corrected chi connectivity index (χ1v) is 8.73. The number of aromatic nitrogens is 2. The van der Waals surface area contributed by atoms with Gasteiger partial charge in [-0.1, -0.05) is 33.1 Å². The smallest absolute Gasteiger partial charge is 0.232 e. The van der Waals surface area contributed by atoms with E-state index in [-0.39, 0.29) is 0 Å². The molecule has 0 aliphatic heterocycles. The zero-order chi connectivity index (χ0) is 14.9. The molecule has 0 amide bonds. The molecule has 1 aromatic rings. The van der Waals surface area contributed by atoms with Gasteiger partial charge in [0.2, 0.25) is 5.88 Å². The van der Waals surface area contributed by atoms with Gasteiger partial charge in [0.05, 0.1) is 12.6 Å². The predicted octanol–water partition coefficient (Wildman–Crippen LogP) is 3.89.